The van der Waals surface area contributed by atoms with Crippen molar-refractivity contribution in [1.82, 2.24) is 20.1 Å². The number of carbonyl (C=O) groups excluding carboxylic acids is 1. The highest BCUT2D eigenvalue weighted by molar-refractivity contribution is 6.37. The summed E-state index contributed by atoms with van der Waals surface area (Å²) in [4.78, 5) is 16.0. The van der Waals surface area contributed by atoms with Crippen LogP contribution < -0.4 is 5.32 Å². The van der Waals surface area contributed by atoms with Gasteiger partial charge in [0.25, 0.3) is 5.91 Å². The zero-order valence-electron chi connectivity index (χ0n) is 14.1. The number of phenolic OH excluding ortho intramolecular Hbond substituents is 1. The van der Waals surface area contributed by atoms with Crippen LogP contribution >= 0.6 is 23.2 Å². The molecule has 0 aliphatic carbocycles. The molecular formula is C17H10Cl2F4N4O2. The first-order valence-corrected chi connectivity index (χ1v) is 8.55. The van der Waals surface area contributed by atoms with E-state index < -0.39 is 23.5 Å². The van der Waals surface area contributed by atoms with Crippen molar-refractivity contribution >= 4 is 29.1 Å². The fourth-order valence-corrected chi connectivity index (χ4v) is 2.83. The number of hydrogen-bond donors (Lipinski definition) is 2. The van der Waals surface area contributed by atoms with Gasteiger partial charge >= 0.3 is 6.18 Å². The molecule has 0 saturated heterocycles. The van der Waals surface area contributed by atoms with Crippen LogP contribution in [-0.4, -0.2) is 25.8 Å². The molecule has 29 heavy (non-hydrogen) atoms. The maximum absolute atomic E-state index is 13.4. The van der Waals surface area contributed by atoms with Crippen molar-refractivity contribution in [3.8, 4) is 11.4 Å². The number of nitrogens with zero attached hydrogens (tertiary/aromatic N) is 3. The van der Waals surface area contributed by atoms with Gasteiger partial charge in [-0.3, -0.25) is 4.79 Å². The Morgan fingerprint density at radius 2 is 1.79 bits per heavy atom. The van der Waals surface area contributed by atoms with Crippen molar-refractivity contribution in [1.29, 1.82) is 0 Å². The maximum Gasteiger partial charge on any atom is 0.416 e. The predicted molar refractivity (Wildman–Crippen MR) is 95.6 cm³/mol. The number of aromatic hydroxyl groups is 1. The second kappa shape index (κ2) is 7.88. The Bertz CT molecular complexity index is 1060. The molecule has 0 fully saturated rings. The zero-order valence-corrected chi connectivity index (χ0v) is 15.6. The molecule has 0 radical (unpaired) electrons. The fourth-order valence-electron chi connectivity index (χ4n) is 2.35. The Morgan fingerprint density at radius 3 is 2.41 bits per heavy atom. The third-order valence-corrected chi connectivity index (χ3v) is 4.28. The topological polar surface area (TPSA) is 80.0 Å². The van der Waals surface area contributed by atoms with Gasteiger partial charge in [0.1, 0.15) is 12.1 Å². The minimum absolute atomic E-state index is 0.0411. The molecule has 152 valence electrons. The average Bonchev–Trinajstić information content (AvgIpc) is 3.13. The molecule has 0 unspecified atom stereocenters. The van der Waals surface area contributed by atoms with E-state index in [4.69, 9.17) is 23.2 Å². The van der Waals surface area contributed by atoms with E-state index in [1.165, 1.54) is 18.5 Å². The lowest BCUT2D eigenvalue weighted by molar-refractivity contribution is -0.137. The number of phenols is 1. The summed E-state index contributed by atoms with van der Waals surface area (Å²) in [6.07, 6.45) is -3.54. The van der Waals surface area contributed by atoms with E-state index in [1.54, 1.807) is 0 Å². The van der Waals surface area contributed by atoms with Crippen LogP contribution in [0.3, 0.4) is 0 Å². The number of rotatable bonds is 4. The van der Waals surface area contributed by atoms with E-state index >= 15 is 0 Å². The number of aromatic nitrogens is 3. The third kappa shape index (κ3) is 4.77. The minimum Gasteiger partial charge on any atom is -0.505 e. The van der Waals surface area contributed by atoms with Crippen molar-refractivity contribution in [2.75, 3.05) is 0 Å². The Morgan fingerprint density at radius 1 is 1.14 bits per heavy atom. The number of alkyl halides is 3. The van der Waals surface area contributed by atoms with Gasteiger partial charge < -0.3 is 10.4 Å². The molecular weight excluding hydrogens is 439 g/mol. The number of nitrogens with one attached hydrogen (secondary N) is 1. The summed E-state index contributed by atoms with van der Waals surface area (Å²) in [6.45, 7) is -0.370. The fraction of sp³-hybridized carbons (Fsp3) is 0.118. The van der Waals surface area contributed by atoms with Crippen LogP contribution in [0.4, 0.5) is 17.6 Å². The summed E-state index contributed by atoms with van der Waals surface area (Å²) in [5.41, 5.74) is -0.934. The third-order valence-electron chi connectivity index (χ3n) is 3.70. The molecule has 0 bridgehead atoms. The van der Waals surface area contributed by atoms with E-state index in [0.717, 1.165) is 16.8 Å². The number of benzene rings is 2. The second-order valence-electron chi connectivity index (χ2n) is 5.80. The van der Waals surface area contributed by atoms with Crippen LogP contribution in [0.5, 0.6) is 5.75 Å². The normalized spacial score (nSPS) is 11.5. The van der Waals surface area contributed by atoms with E-state index in [1.807, 2.05) is 0 Å². The minimum atomic E-state index is -4.71. The molecule has 3 rings (SSSR count). The van der Waals surface area contributed by atoms with Gasteiger partial charge in [0.2, 0.25) is 5.82 Å². The summed E-state index contributed by atoms with van der Waals surface area (Å²) < 4.78 is 52.8. The largest absolute Gasteiger partial charge is 0.505 e. The predicted octanol–water partition coefficient (Wildman–Crippen LogP) is 4.37. The smallest absolute Gasteiger partial charge is 0.416 e. The highest BCUT2D eigenvalue weighted by Gasteiger charge is 2.31. The van der Waals surface area contributed by atoms with E-state index in [9.17, 15) is 27.5 Å². The highest BCUT2D eigenvalue weighted by atomic mass is 35.5. The van der Waals surface area contributed by atoms with Gasteiger partial charge in [-0.1, -0.05) is 23.2 Å². The lowest BCUT2D eigenvalue weighted by atomic mass is 10.1. The van der Waals surface area contributed by atoms with Crippen molar-refractivity contribution in [3.63, 3.8) is 0 Å². The van der Waals surface area contributed by atoms with Crippen molar-refractivity contribution in [2.45, 2.75) is 12.7 Å². The first-order valence-electron chi connectivity index (χ1n) is 7.79. The average molecular weight is 449 g/mol. The van der Waals surface area contributed by atoms with Gasteiger partial charge in [-0.15, -0.1) is 5.10 Å². The van der Waals surface area contributed by atoms with Gasteiger partial charge in [0, 0.05) is 6.54 Å². The molecule has 1 heterocycles. The highest BCUT2D eigenvalue weighted by Crippen LogP contribution is 2.33. The SMILES string of the molecule is O=C(NCc1cc(F)cc(C(F)(F)F)c1)c1ncn(-c2cc(Cl)c(O)c(Cl)c2)n1. The molecule has 0 aliphatic heterocycles. The van der Waals surface area contributed by atoms with Crippen molar-refractivity contribution < 1.29 is 27.5 Å². The molecule has 12 heteroatoms. The number of hydrogen-bond acceptors (Lipinski definition) is 4. The van der Waals surface area contributed by atoms with Crippen LogP contribution in [0.25, 0.3) is 5.69 Å². The Kier molecular flexibility index (Phi) is 5.67. The van der Waals surface area contributed by atoms with Gasteiger partial charge in [0.05, 0.1) is 21.3 Å². The van der Waals surface area contributed by atoms with Crippen LogP contribution in [0, 0.1) is 5.82 Å². The van der Waals surface area contributed by atoms with Crippen LogP contribution in [0.15, 0.2) is 36.7 Å². The first-order chi connectivity index (χ1) is 13.5. The van der Waals surface area contributed by atoms with E-state index in [0.29, 0.717) is 11.8 Å². The van der Waals surface area contributed by atoms with Crippen LogP contribution in [-0.2, 0) is 12.7 Å². The molecule has 1 amide bonds. The summed E-state index contributed by atoms with van der Waals surface area (Å²) in [7, 11) is 0. The zero-order chi connectivity index (χ0) is 21.3. The lowest BCUT2D eigenvalue weighted by Gasteiger charge is -2.09. The van der Waals surface area contributed by atoms with Crippen LogP contribution in [0.1, 0.15) is 21.7 Å². The summed E-state index contributed by atoms with van der Waals surface area (Å²) >= 11 is 11.7. The van der Waals surface area contributed by atoms with Crippen LogP contribution in [0.2, 0.25) is 10.0 Å². The summed E-state index contributed by atoms with van der Waals surface area (Å²) in [5, 5.41) is 15.7. The molecule has 0 saturated carbocycles. The van der Waals surface area contributed by atoms with Gasteiger partial charge in [-0.25, -0.2) is 14.1 Å². The number of amides is 1. The lowest BCUT2D eigenvalue weighted by Crippen LogP contribution is -2.24. The standard InChI is InChI=1S/C17H10Cl2F4N4O2/c18-12-4-11(5-13(19)14(12)28)27-7-25-15(26-27)16(29)24-6-8-1-9(17(21,22)23)3-10(20)2-8/h1-5,7,28H,6H2,(H,24,29). The number of carbonyl (C=O) groups is 1. The Labute approximate surface area is 170 Å². The molecule has 3 aromatic rings. The molecule has 0 aliphatic rings. The Hall–Kier alpha value is -2.85. The molecule has 2 aromatic carbocycles. The molecule has 0 spiro atoms. The van der Waals surface area contributed by atoms with Crippen molar-refractivity contribution in [3.05, 3.63) is 69.5 Å². The van der Waals surface area contributed by atoms with Gasteiger partial charge in [-0.2, -0.15) is 13.2 Å². The van der Waals surface area contributed by atoms with Gasteiger partial charge in [0.15, 0.2) is 5.75 Å². The van der Waals surface area contributed by atoms with Gasteiger partial charge in [-0.05, 0) is 35.9 Å². The molecule has 2 N–H and O–H groups in total. The quantitative estimate of drug-likeness (QED) is 0.580. The maximum atomic E-state index is 13.4. The molecule has 0 atom stereocenters. The number of halogens is 6. The Balaban J connectivity index is 1.74. The van der Waals surface area contributed by atoms with E-state index in [-0.39, 0.29) is 33.7 Å². The first kappa shape index (κ1) is 20.9. The second-order valence-corrected chi connectivity index (χ2v) is 6.61. The molecule has 6 nitrogen and oxygen atoms in total. The summed E-state index contributed by atoms with van der Waals surface area (Å²) in [5.74, 6) is -2.48. The summed E-state index contributed by atoms with van der Waals surface area (Å²) in [6, 6.07) is 4.65. The van der Waals surface area contributed by atoms with Crippen molar-refractivity contribution in [2.24, 2.45) is 0 Å². The molecule has 1 aromatic heterocycles. The van der Waals surface area contributed by atoms with E-state index in [2.05, 4.69) is 15.4 Å². The monoisotopic (exact) mass is 448 g/mol.